The van der Waals surface area contributed by atoms with Gasteiger partial charge in [0, 0.05) is 0 Å². The van der Waals surface area contributed by atoms with Gasteiger partial charge in [0.25, 0.3) is 0 Å². The number of carboxylic acids is 1. The number of carboxylic acid groups (broad SMARTS) is 1. The smallest absolute Gasteiger partial charge is 0.354 e. The van der Waals surface area contributed by atoms with E-state index in [1.165, 1.54) is 16.7 Å². The van der Waals surface area contributed by atoms with Crippen molar-refractivity contribution < 1.29 is 19.1 Å². The van der Waals surface area contributed by atoms with Crippen LogP contribution >= 0.6 is 24.4 Å². The summed E-state index contributed by atoms with van der Waals surface area (Å²) in [5, 5.41) is 9.07. The fourth-order valence-electron chi connectivity index (χ4n) is 4.05. The van der Waals surface area contributed by atoms with E-state index in [0.29, 0.717) is 14.7 Å². The van der Waals surface area contributed by atoms with Crippen LogP contribution in [0.1, 0.15) is 34.6 Å². The van der Waals surface area contributed by atoms with Gasteiger partial charge in [-0.2, -0.15) is 0 Å². The quantitative estimate of drug-likeness (QED) is 0.451. The van der Waals surface area contributed by atoms with E-state index in [0.717, 1.165) is 0 Å². The zero-order chi connectivity index (χ0) is 17.0. The second-order valence-electron chi connectivity index (χ2n) is 7.06. The van der Waals surface area contributed by atoms with Crippen LogP contribution in [-0.2, 0) is 14.0 Å². The second-order valence-corrected chi connectivity index (χ2v) is 9.34. The molecule has 5 nitrogen and oxygen atoms in total. The number of rotatable bonds is 4. The molecular formula is C14H23NO4S2Si. The van der Waals surface area contributed by atoms with Gasteiger partial charge in [-0.25, -0.2) is 4.79 Å². The van der Waals surface area contributed by atoms with E-state index in [2.05, 4.69) is 47.2 Å². The van der Waals surface area contributed by atoms with Crippen molar-refractivity contribution in [2.24, 2.45) is 17.3 Å². The Morgan fingerprint density at radius 3 is 2.36 bits per heavy atom. The molecule has 0 aliphatic carbocycles. The minimum absolute atomic E-state index is 0.000466. The molecule has 0 bridgehead atoms. The van der Waals surface area contributed by atoms with Crippen LogP contribution in [0.3, 0.4) is 0 Å². The molecule has 0 radical (unpaired) electrons. The van der Waals surface area contributed by atoms with Crippen LogP contribution in [-0.4, -0.2) is 43.3 Å². The van der Waals surface area contributed by atoms with Crippen LogP contribution in [0.25, 0.3) is 0 Å². The SMILES string of the molecule is CC(C)[C@](O[SiH3])([C@@H]1C(=O)N2C(C(=O)O)=C(S)S[C@H]12)C(C)(C)C. The van der Waals surface area contributed by atoms with Gasteiger partial charge in [-0.1, -0.05) is 46.4 Å². The Hall–Kier alpha value is -0.443. The third-order valence-electron chi connectivity index (χ3n) is 4.75. The number of thioether (sulfide) groups is 1. The molecule has 0 spiro atoms. The Morgan fingerprint density at radius 1 is 1.45 bits per heavy atom. The van der Waals surface area contributed by atoms with Crippen molar-refractivity contribution in [1.82, 2.24) is 4.90 Å². The van der Waals surface area contributed by atoms with Crippen LogP contribution < -0.4 is 0 Å². The molecule has 0 saturated carbocycles. The van der Waals surface area contributed by atoms with E-state index in [1.807, 2.05) is 0 Å². The second kappa shape index (κ2) is 5.57. The first-order chi connectivity index (χ1) is 10.0. The Balaban J connectivity index is 2.45. The van der Waals surface area contributed by atoms with Gasteiger partial charge in [-0.3, -0.25) is 9.69 Å². The average molecular weight is 362 g/mol. The molecule has 1 N–H and O–H groups in total. The monoisotopic (exact) mass is 361 g/mol. The molecule has 1 fully saturated rings. The van der Waals surface area contributed by atoms with Gasteiger partial charge in [0.05, 0.1) is 15.8 Å². The van der Waals surface area contributed by atoms with Gasteiger partial charge in [0.15, 0.2) is 5.70 Å². The molecule has 0 aromatic heterocycles. The van der Waals surface area contributed by atoms with Crippen molar-refractivity contribution in [3.8, 4) is 0 Å². The number of β-lactam (4-membered cyclic amide) rings is 1. The van der Waals surface area contributed by atoms with E-state index in [9.17, 15) is 14.7 Å². The van der Waals surface area contributed by atoms with Crippen LogP contribution in [0.15, 0.2) is 9.93 Å². The average Bonchev–Trinajstić information content (AvgIpc) is 2.67. The van der Waals surface area contributed by atoms with Crippen LogP contribution in [0.2, 0.25) is 0 Å². The fourth-order valence-corrected chi connectivity index (χ4v) is 7.21. The van der Waals surface area contributed by atoms with Crippen molar-refractivity contribution in [2.45, 2.75) is 45.6 Å². The molecule has 0 aromatic rings. The number of aliphatic carboxylic acids is 1. The fraction of sp³-hybridized carbons (Fsp3) is 0.714. The van der Waals surface area contributed by atoms with Crippen LogP contribution in [0, 0.1) is 17.3 Å². The van der Waals surface area contributed by atoms with E-state index < -0.39 is 11.6 Å². The molecule has 0 unspecified atom stereocenters. The van der Waals surface area contributed by atoms with Gasteiger partial charge in [0.1, 0.15) is 15.9 Å². The highest BCUT2D eigenvalue weighted by Crippen LogP contribution is 2.59. The van der Waals surface area contributed by atoms with Crippen molar-refractivity contribution in [3.05, 3.63) is 9.93 Å². The predicted octanol–water partition coefficient (Wildman–Crippen LogP) is 1.44. The highest BCUT2D eigenvalue weighted by molar-refractivity contribution is 8.16. The number of nitrogens with zero attached hydrogens (tertiary/aromatic N) is 1. The maximum absolute atomic E-state index is 12.8. The molecule has 2 aliphatic heterocycles. The summed E-state index contributed by atoms with van der Waals surface area (Å²) in [7, 11) is 0.517. The van der Waals surface area contributed by atoms with Crippen LogP contribution in [0.5, 0.6) is 0 Å². The molecule has 0 aromatic carbocycles. The van der Waals surface area contributed by atoms with Crippen molar-refractivity contribution in [2.75, 3.05) is 0 Å². The summed E-state index contributed by atoms with van der Waals surface area (Å²) >= 11 is 5.59. The topological polar surface area (TPSA) is 66.8 Å². The van der Waals surface area contributed by atoms with Crippen molar-refractivity contribution in [3.63, 3.8) is 0 Å². The molecule has 2 rings (SSSR count). The highest BCUT2D eigenvalue weighted by Gasteiger charge is 2.67. The van der Waals surface area contributed by atoms with E-state index in [-0.39, 0.29) is 34.2 Å². The molecule has 1 saturated heterocycles. The Bertz CT molecular complexity index is 558. The highest BCUT2D eigenvalue weighted by atomic mass is 32.2. The molecule has 3 atom stereocenters. The Kier molecular flexibility index (Phi) is 4.54. The summed E-state index contributed by atoms with van der Waals surface area (Å²) in [4.78, 5) is 25.5. The van der Waals surface area contributed by atoms with Gasteiger partial charge >= 0.3 is 5.97 Å². The van der Waals surface area contributed by atoms with E-state index >= 15 is 0 Å². The Labute approximate surface area is 143 Å². The lowest BCUT2D eigenvalue weighted by molar-refractivity contribution is -0.184. The third kappa shape index (κ3) is 2.18. The number of carbonyl (C=O) groups is 2. The zero-order valence-electron chi connectivity index (χ0n) is 13.7. The lowest BCUT2D eigenvalue weighted by Crippen LogP contribution is -2.71. The maximum Gasteiger partial charge on any atom is 0.354 e. The van der Waals surface area contributed by atoms with Gasteiger partial charge in [-0.05, 0) is 11.3 Å². The molecule has 2 aliphatic rings. The lowest BCUT2D eigenvalue weighted by Gasteiger charge is -2.58. The summed E-state index contributed by atoms with van der Waals surface area (Å²) in [6.45, 7) is 10.4. The van der Waals surface area contributed by atoms with E-state index in [4.69, 9.17) is 4.43 Å². The van der Waals surface area contributed by atoms with Gasteiger partial charge in [0.2, 0.25) is 5.91 Å². The third-order valence-corrected chi connectivity index (χ3v) is 7.10. The summed E-state index contributed by atoms with van der Waals surface area (Å²) < 4.78 is 6.46. The number of carbonyl (C=O) groups excluding carboxylic acids is 1. The first-order valence-electron chi connectivity index (χ1n) is 7.22. The van der Waals surface area contributed by atoms with Crippen LogP contribution in [0.4, 0.5) is 0 Å². The van der Waals surface area contributed by atoms with Gasteiger partial charge < -0.3 is 9.53 Å². The van der Waals surface area contributed by atoms with Gasteiger partial charge in [-0.15, -0.1) is 12.6 Å². The summed E-state index contributed by atoms with van der Waals surface area (Å²) in [5.41, 5.74) is -0.843. The largest absolute Gasteiger partial charge is 0.477 e. The lowest BCUT2D eigenvalue weighted by atomic mass is 9.60. The first-order valence-corrected chi connectivity index (χ1v) is 9.36. The molecular weight excluding hydrogens is 338 g/mol. The zero-order valence-corrected chi connectivity index (χ0v) is 17.4. The molecule has 1 amide bonds. The molecule has 2 heterocycles. The van der Waals surface area contributed by atoms with Crippen molar-refractivity contribution in [1.29, 1.82) is 0 Å². The normalized spacial score (nSPS) is 28.0. The minimum Gasteiger partial charge on any atom is -0.477 e. The summed E-state index contributed by atoms with van der Waals surface area (Å²) in [5.74, 6) is -1.49. The predicted molar refractivity (Wildman–Crippen MR) is 93.4 cm³/mol. The minimum atomic E-state index is -1.11. The van der Waals surface area contributed by atoms with Crippen molar-refractivity contribution >= 4 is 46.8 Å². The summed E-state index contributed by atoms with van der Waals surface area (Å²) in [6.07, 6.45) is 0. The Morgan fingerprint density at radius 2 is 2.00 bits per heavy atom. The molecule has 124 valence electrons. The summed E-state index contributed by atoms with van der Waals surface area (Å²) in [6, 6.07) is 0. The number of fused-ring (bicyclic) bond motifs is 1. The van der Waals surface area contributed by atoms with E-state index in [1.54, 1.807) is 0 Å². The molecule has 22 heavy (non-hydrogen) atoms. The maximum atomic E-state index is 12.8. The first kappa shape index (κ1) is 17.9. The number of amides is 1. The standard InChI is InChI=1S/C14H23NO4S2Si/c1-6(2)14(19-22,13(3,4)5)7-9(16)15-8(11(17)18)12(20)21-10(7)15/h6-7,10,20H,1-5,22H3,(H,17,18)/t7-,10-,14+/m1/s1. The number of hydrogen-bond donors (Lipinski definition) is 2. The molecule has 8 heteroatoms. The number of thiol groups is 1. The number of hydrogen-bond acceptors (Lipinski definition) is 5.